The standard InChI is InChI=1S/C23H30F6O6/c1-10(2)7-20(5,11(3)4)18(31)34-15-12-6-13-16(15)35-19(32)21(13,8-12)9-14(30)33-17(22(24,25)26)23(27,28)29/h10-13,15-17H,6-9H2,1-5H3. The van der Waals surface area contributed by atoms with Crippen LogP contribution >= 0.6 is 0 Å². The van der Waals surface area contributed by atoms with E-state index in [0.29, 0.717) is 12.8 Å². The monoisotopic (exact) mass is 516 g/mol. The van der Waals surface area contributed by atoms with E-state index in [2.05, 4.69) is 4.74 Å². The molecule has 0 N–H and O–H groups in total. The maximum absolute atomic E-state index is 13.1. The van der Waals surface area contributed by atoms with Crippen LogP contribution in [-0.4, -0.2) is 48.6 Å². The largest absolute Gasteiger partial charge is 0.458 e. The Kier molecular flexibility index (Phi) is 6.96. The normalized spacial score (nSPS) is 31.8. The Morgan fingerprint density at radius 3 is 2.14 bits per heavy atom. The van der Waals surface area contributed by atoms with Crippen molar-refractivity contribution in [1.29, 1.82) is 0 Å². The molecule has 6 atom stereocenters. The number of alkyl halides is 6. The van der Waals surface area contributed by atoms with Gasteiger partial charge in [0.1, 0.15) is 12.2 Å². The van der Waals surface area contributed by atoms with Gasteiger partial charge in [-0.1, -0.05) is 27.7 Å². The van der Waals surface area contributed by atoms with Crippen molar-refractivity contribution in [3.63, 3.8) is 0 Å². The van der Waals surface area contributed by atoms with E-state index in [1.807, 2.05) is 27.7 Å². The predicted octanol–water partition coefficient (Wildman–Crippen LogP) is 4.98. The quantitative estimate of drug-likeness (QED) is 0.257. The number of rotatable bonds is 8. The summed E-state index contributed by atoms with van der Waals surface area (Å²) in [6.07, 6.45) is -17.8. The smallest absolute Gasteiger partial charge is 0.434 e. The van der Waals surface area contributed by atoms with Crippen LogP contribution in [-0.2, 0) is 28.6 Å². The second kappa shape index (κ2) is 8.83. The number of carbonyl (C=O) groups excluding carboxylic acids is 3. The summed E-state index contributed by atoms with van der Waals surface area (Å²) in [7, 11) is 0. The number of halogens is 6. The van der Waals surface area contributed by atoms with Gasteiger partial charge in [-0.25, -0.2) is 0 Å². The summed E-state index contributed by atoms with van der Waals surface area (Å²) >= 11 is 0. The fourth-order valence-electron chi connectivity index (χ4n) is 5.92. The Morgan fingerprint density at radius 2 is 1.66 bits per heavy atom. The minimum absolute atomic E-state index is 0.0498. The van der Waals surface area contributed by atoms with Crippen molar-refractivity contribution in [2.45, 2.75) is 91.0 Å². The molecule has 3 fully saturated rings. The Morgan fingerprint density at radius 1 is 1.09 bits per heavy atom. The second-order valence-electron chi connectivity index (χ2n) is 11.0. The van der Waals surface area contributed by atoms with Gasteiger partial charge in [0.25, 0.3) is 6.10 Å². The fourth-order valence-corrected chi connectivity index (χ4v) is 5.92. The first-order valence-electron chi connectivity index (χ1n) is 11.6. The van der Waals surface area contributed by atoms with E-state index < -0.39 is 77.7 Å². The van der Waals surface area contributed by atoms with Crippen molar-refractivity contribution in [1.82, 2.24) is 0 Å². The number of carbonyl (C=O) groups is 3. The molecule has 1 saturated heterocycles. The number of hydrogen-bond acceptors (Lipinski definition) is 6. The first-order chi connectivity index (χ1) is 15.8. The summed E-state index contributed by atoms with van der Waals surface area (Å²) in [5, 5.41) is 0. The molecule has 6 unspecified atom stereocenters. The number of ether oxygens (including phenoxy) is 3. The third-order valence-electron chi connectivity index (χ3n) is 7.85. The van der Waals surface area contributed by atoms with Crippen molar-refractivity contribution < 1.29 is 54.9 Å². The van der Waals surface area contributed by atoms with Gasteiger partial charge in [-0.15, -0.1) is 0 Å². The Labute approximate surface area is 199 Å². The molecule has 0 amide bonds. The molecule has 2 aliphatic carbocycles. The number of hydrogen-bond donors (Lipinski definition) is 0. The summed E-state index contributed by atoms with van der Waals surface area (Å²) in [4.78, 5) is 38.0. The average Bonchev–Trinajstić information content (AvgIpc) is 3.25. The Hall–Kier alpha value is -2.01. The highest BCUT2D eigenvalue weighted by atomic mass is 19.4. The van der Waals surface area contributed by atoms with Crippen LogP contribution in [0.4, 0.5) is 26.3 Å². The van der Waals surface area contributed by atoms with Crippen molar-refractivity contribution in [2.24, 2.45) is 34.5 Å². The van der Waals surface area contributed by atoms with Crippen molar-refractivity contribution in [3.05, 3.63) is 0 Å². The van der Waals surface area contributed by atoms with E-state index in [9.17, 15) is 40.7 Å². The molecule has 3 aliphatic rings. The van der Waals surface area contributed by atoms with Crippen LogP contribution in [0.5, 0.6) is 0 Å². The van der Waals surface area contributed by atoms with Crippen LogP contribution in [0.25, 0.3) is 0 Å². The SMILES string of the molecule is CC(C)CC(C)(C(=O)OC1C2CC3C1OC(=O)C3(CC(=O)OC(C(F)(F)F)C(F)(F)F)C2)C(C)C. The zero-order valence-electron chi connectivity index (χ0n) is 20.1. The van der Waals surface area contributed by atoms with E-state index >= 15 is 0 Å². The number of esters is 3. The summed E-state index contributed by atoms with van der Waals surface area (Å²) in [5.74, 6) is -4.06. The highest BCUT2D eigenvalue weighted by Gasteiger charge is 2.72. The summed E-state index contributed by atoms with van der Waals surface area (Å²) < 4.78 is 91.6. The lowest BCUT2D eigenvalue weighted by Gasteiger charge is -2.37. The van der Waals surface area contributed by atoms with Gasteiger partial charge in [0.2, 0.25) is 0 Å². The Bertz CT molecular complexity index is 854. The van der Waals surface area contributed by atoms with Crippen LogP contribution in [0.3, 0.4) is 0 Å². The first kappa shape index (κ1) is 27.6. The van der Waals surface area contributed by atoms with Crippen molar-refractivity contribution in [3.8, 4) is 0 Å². The molecule has 6 nitrogen and oxygen atoms in total. The summed E-state index contributed by atoms with van der Waals surface area (Å²) in [6.45, 7) is 9.53. The maximum atomic E-state index is 13.1. The zero-order chi connectivity index (χ0) is 26.7. The van der Waals surface area contributed by atoms with Crippen molar-refractivity contribution >= 4 is 17.9 Å². The molecule has 0 aromatic heterocycles. The zero-order valence-corrected chi connectivity index (χ0v) is 20.1. The molecule has 1 aliphatic heterocycles. The molecular weight excluding hydrogens is 486 g/mol. The van der Waals surface area contributed by atoms with E-state index in [1.54, 1.807) is 6.92 Å². The topological polar surface area (TPSA) is 78.9 Å². The van der Waals surface area contributed by atoms with Crippen LogP contribution < -0.4 is 0 Å². The lowest BCUT2D eigenvalue weighted by molar-refractivity contribution is -0.313. The van der Waals surface area contributed by atoms with Crippen LogP contribution in [0.2, 0.25) is 0 Å². The molecule has 35 heavy (non-hydrogen) atoms. The van der Waals surface area contributed by atoms with E-state index in [-0.39, 0.29) is 18.3 Å². The van der Waals surface area contributed by atoms with Gasteiger partial charge in [-0.3, -0.25) is 14.4 Å². The minimum Gasteiger partial charge on any atom is -0.458 e. The predicted molar refractivity (Wildman–Crippen MR) is 107 cm³/mol. The van der Waals surface area contributed by atoms with Crippen molar-refractivity contribution in [2.75, 3.05) is 0 Å². The highest BCUT2D eigenvalue weighted by Crippen LogP contribution is 2.64. The fraction of sp³-hybridized carbons (Fsp3) is 0.870. The molecule has 3 rings (SSSR count). The first-order valence-corrected chi connectivity index (χ1v) is 11.6. The van der Waals surface area contributed by atoms with Gasteiger partial charge >= 0.3 is 30.3 Å². The molecule has 0 aromatic rings. The maximum Gasteiger partial charge on any atom is 0.434 e. The van der Waals surface area contributed by atoms with Crippen LogP contribution in [0.15, 0.2) is 0 Å². The van der Waals surface area contributed by atoms with Gasteiger partial charge in [-0.05, 0) is 38.0 Å². The molecule has 0 spiro atoms. The van der Waals surface area contributed by atoms with E-state index in [0.717, 1.165) is 0 Å². The lowest BCUT2D eigenvalue weighted by atomic mass is 9.71. The molecule has 1 heterocycles. The Balaban J connectivity index is 1.73. The van der Waals surface area contributed by atoms with Crippen LogP contribution in [0.1, 0.15) is 60.3 Å². The van der Waals surface area contributed by atoms with E-state index in [1.165, 1.54) is 0 Å². The summed E-state index contributed by atoms with van der Waals surface area (Å²) in [6, 6.07) is 0. The van der Waals surface area contributed by atoms with Gasteiger partial charge in [-0.2, -0.15) is 26.3 Å². The molecule has 2 bridgehead atoms. The minimum atomic E-state index is -5.85. The van der Waals surface area contributed by atoms with Gasteiger partial charge in [0.15, 0.2) is 0 Å². The van der Waals surface area contributed by atoms with E-state index in [4.69, 9.17) is 9.47 Å². The number of fused-ring (bicyclic) bond motifs is 1. The third-order valence-corrected chi connectivity index (χ3v) is 7.85. The van der Waals surface area contributed by atoms with Gasteiger partial charge in [0.05, 0.1) is 17.3 Å². The molecule has 2 saturated carbocycles. The third kappa shape index (κ3) is 4.85. The summed E-state index contributed by atoms with van der Waals surface area (Å²) in [5.41, 5.74) is -2.39. The molecule has 0 aromatic carbocycles. The van der Waals surface area contributed by atoms with Crippen LogP contribution in [0, 0.1) is 34.5 Å². The second-order valence-corrected chi connectivity index (χ2v) is 11.0. The molecule has 0 radical (unpaired) electrons. The van der Waals surface area contributed by atoms with Gasteiger partial charge in [0, 0.05) is 11.8 Å². The van der Waals surface area contributed by atoms with Gasteiger partial charge < -0.3 is 14.2 Å². The molecular formula is C23H30F6O6. The molecule has 200 valence electrons. The average molecular weight is 516 g/mol. The molecule has 12 heteroatoms. The lowest BCUT2D eigenvalue weighted by Crippen LogP contribution is -2.47. The highest BCUT2D eigenvalue weighted by molar-refractivity contribution is 5.87.